The van der Waals surface area contributed by atoms with Gasteiger partial charge in [0, 0.05) is 33.6 Å². The van der Waals surface area contributed by atoms with E-state index in [0.29, 0.717) is 23.0 Å². The van der Waals surface area contributed by atoms with Crippen molar-refractivity contribution in [3.8, 4) is 0 Å². The van der Waals surface area contributed by atoms with Gasteiger partial charge in [0.15, 0.2) is 0 Å². The molecule has 0 unspecified atom stereocenters. The van der Waals surface area contributed by atoms with Gasteiger partial charge in [-0.15, -0.1) is 0 Å². The van der Waals surface area contributed by atoms with Crippen molar-refractivity contribution in [2.45, 2.75) is 24.7 Å². The Bertz CT molecular complexity index is 1380. The van der Waals surface area contributed by atoms with Crippen LogP contribution in [-0.4, -0.2) is 25.3 Å². The fourth-order valence-corrected chi connectivity index (χ4v) is 6.72. The number of nitrogens with zero attached hydrogens (tertiary/aromatic N) is 2. The first kappa shape index (κ1) is 24.6. The van der Waals surface area contributed by atoms with Gasteiger partial charge in [-0.1, -0.05) is 53.2 Å². The van der Waals surface area contributed by atoms with Crippen LogP contribution in [0, 0.1) is 0 Å². The number of anilines is 1. The lowest BCUT2D eigenvalue weighted by atomic mass is 10.2. The molecule has 0 saturated carbocycles. The maximum atomic E-state index is 11.2. The number of hydrogen-bond donors (Lipinski definition) is 1. The van der Waals surface area contributed by atoms with Crippen LogP contribution in [-0.2, 0) is 17.2 Å². The number of hydrogen-bond acceptors (Lipinski definition) is 5. The summed E-state index contributed by atoms with van der Waals surface area (Å²) in [6.07, 6.45) is 5.46. The third-order valence-corrected chi connectivity index (χ3v) is 8.88. The third kappa shape index (κ3) is 5.75. The Morgan fingerprint density at radius 3 is 2.64 bits per heavy atom. The molecule has 5 nitrogen and oxygen atoms in total. The number of benzene rings is 2. The van der Waals surface area contributed by atoms with Crippen molar-refractivity contribution in [3.63, 3.8) is 0 Å². The number of aromatic nitrogens is 1. The van der Waals surface area contributed by atoms with Crippen molar-refractivity contribution in [2.24, 2.45) is 7.05 Å². The van der Waals surface area contributed by atoms with Crippen LogP contribution >= 0.6 is 46.3 Å². The van der Waals surface area contributed by atoms with E-state index in [2.05, 4.69) is 28.5 Å². The van der Waals surface area contributed by atoms with Crippen LogP contribution in [0.25, 0.3) is 16.3 Å². The molecule has 3 aromatic rings. The van der Waals surface area contributed by atoms with E-state index in [-0.39, 0.29) is 5.75 Å². The van der Waals surface area contributed by atoms with Gasteiger partial charge in [0.1, 0.15) is 11.7 Å². The van der Waals surface area contributed by atoms with Crippen molar-refractivity contribution >= 4 is 78.4 Å². The Labute approximate surface area is 212 Å². The average molecular weight is 543 g/mol. The minimum absolute atomic E-state index is 0.284. The van der Waals surface area contributed by atoms with Gasteiger partial charge in [-0.3, -0.25) is 4.55 Å². The molecule has 0 saturated heterocycles. The van der Waals surface area contributed by atoms with E-state index in [1.165, 1.54) is 4.70 Å². The molecule has 0 aliphatic carbocycles. The van der Waals surface area contributed by atoms with Crippen molar-refractivity contribution in [1.29, 1.82) is 0 Å². The highest BCUT2D eigenvalue weighted by Crippen LogP contribution is 2.47. The van der Waals surface area contributed by atoms with Gasteiger partial charge >= 0.3 is 0 Å². The molecule has 10 heteroatoms. The molecular formula is C23H23Cl2N2O3S3+. The predicted octanol–water partition coefficient (Wildman–Crippen LogP) is 6.56. The summed E-state index contributed by atoms with van der Waals surface area (Å²) < 4.78 is 34.9. The van der Waals surface area contributed by atoms with E-state index >= 15 is 0 Å². The molecule has 1 N–H and O–H groups in total. The number of rotatable bonds is 7. The molecular weight excluding hydrogens is 519 g/mol. The predicted molar refractivity (Wildman–Crippen MR) is 140 cm³/mol. The fraction of sp³-hybridized carbons (Fsp3) is 0.261. The number of halogens is 2. The Morgan fingerprint density at radius 1 is 1.18 bits per heavy atom. The Kier molecular flexibility index (Phi) is 7.43. The molecule has 2 heterocycles. The summed E-state index contributed by atoms with van der Waals surface area (Å²) >= 11 is 15.8. The standard InChI is InChI=1S/C23H22Cl2N2O3S3/c1-3-15(11-22-26(2)18-13-16(24)5-7-20(18)31-22)12-23-27(9-4-10-33(28,29)30)19-14-17(25)6-8-21(19)32-23/h5-8,11-14H,3-4,9-10H2,1-2H3/p+1. The largest absolute Gasteiger partial charge is 0.335 e. The SMILES string of the molecule is CCC(/C=C1\Sc2ccc(Cl)cc2N1CCCS(=O)(=O)O)=C\c1sc2ccc(Cl)cc2[n+]1C. The van der Waals surface area contributed by atoms with Crippen molar-refractivity contribution in [3.05, 3.63) is 68.1 Å². The number of allylic oxidation sites excluding steroid dienone is 2. The van der Waals surface area contributed by atoms with Gasteiger partial charge in [-0.2, -0.15) is 13.0 Å². The molecule has 1 aliphatic heterocycles. The van der Waals surface area contributed by atoms with Gasteiger partial charge in [-0.25, -0.2) is 0 Å². The average Bonchev–Trinajstić information content (AvgIpc) is 3.24. The van der Waals surface area contributed by atoms with Crippen LogP contribution in [0.5, 0.6) is 0 Å². The Balaban J connectivity index is 1.69. The summed E-state index contributed by atoms with van der Waals surface area (Å²) in [6, 6.07) is 11.6. The fourth-order valence-electron chi connectivity index (χ4n) is 3.65. The minimum atomic E-state index is -4.01. The number of aryl methyl sites for hydroxylation is 1. The normalized spacial score (nSPS) is 15.6. The molecule has 1 aromatic heterocycles. The summed E-state index contributed by atoms with van der Waals surface area (Å²) in [5, 5.41) is 3.45. The zero-order valence-electron chi connectivity index (χ0n) is 18.1. The monoisotopic (exact) mass is 541 g/mol. The molecule has 0 fully saturated rings. The lowest BCUT2D eigenvalue weighted by molar-refractivity contribution is -0.642. The van der Waals surface area contributed by atoms with Crippen LogP contribution in [0.2, 0.25) is 10.0 Å². The van der Waals surface area contributed by atoms with Gasteiger partial charge < -0.3 is 4.90 Å². The summed E-state index contributed by atoms with van der Waals surface area (Å²) in [5.74, 6) is -0.284. The molecule has 1 aliphatic rings. The van der Waals surface area contributed by atoms with E-state index in [0.717, 1.165) is 38.1 Å². The number of fused-ring (bicyclic) bond motifs is 2. The van der Waals surface area contributed by atoms with Gasteiger partial charge in [-0.05, 0) is 54.8 Å². The second-order valence-corrected chi connectivity index (χ2v) is 12.2. The maximum absolute atomic E-state index is 11.2. The first-order valence-corrected chi connectivity index (χ1v) is 14.3. The quantitative estimate of drug-likeness (QED) is 0.271. The van der Waals surface area contributed by atoms with Gasteiger partial charge in [0.2, 0.25) is 5.52 Å². The summed E-state index contributed by atoms with van der Waals surface area (Å²) in [6.45, 7) is 2.57. The molecule has 2 aromatic carbocycles. The Hall–Kier alpha value is -1.55. The first-order valence-electron chi connectivity index (χ1n) is 10.3. The highest BCUT2D eigenvalue weighted by molar-refractivity contribution is 8.03. The maximum Gasteiger partial charge on any atom is 0.264 e. The Morgan fingerprint density at radius 2 is 1.91 bits per heavy atom. The molecule has 0 spiro atoms. The lowest BCUT2D eigenvalue weighted by Gasteiger charge is -2.20. The van der Waals surface area contributed by atoms with Crippen molar-refractivity contribution in [2.75, 3.05) is 17.2 Å². The second-order valence-electron chi connectivity index (χ2n) is 7.67. The van der Waals surface area contributed by atoms with Crippen molar-refractivity contribution < 1.29 is 17.5 Å². The number of thiazole rings is 1. The van der Waals surface area contributed by atoms with E-state index < -0.39 is 10.1 Å². The van der Waals surface area contributed by atoms with Gasteiger partial charge in [0.25, 0.3) is 15.1 Å². The molecule has 4 rings (SSSR count). The van der Waals surface area contributed by atoms with Crippen LogP contribution < -0.4 is 9.47 Å². The van der Waals surface area contributed by atoms with Crippen LogP contribution in [0.3, 0.4) is 0 Å². The third-order valence-electron chi connectivity index (χ3n) is 5.33. The topological polar surface area (TPSA) is 61.5 Å². The summed E-state index contributed by atoms with van der Waals surface area (Å²) in [4.78, 5) is 3.14. The first-order chi connectivity index (χ1) is 15.6. The summed E-state index contributed by atoms with van der Waals surface area (Å²) in [7, 11) is -1.98. The highest BCUT2D eigenvalue weighted by atomic mass is 35.5. The molecule has 0 bridgehead atoms. The number of thioether (sulfide) groups is 1. The molecule has 174 valence electrons. The zero-order valence-corrected chi connectivity index (χ0v) is 22.0. The smallest absolute Gasteiger partial charge is 0.264 e. The van der Waals surface area contributed by atoms with Crippen LogP contribution in [0.15, 0.2) is 58.0 Å². The second kappa shape index (κ2) is 9.98. The highest BCUT2D eigenvalue weighted by Gasteiger charge is 2.26. The van der Waals surface area contributed by atoms with E-state index in [1.807, 2.05) is 43.4 Å². The summed E-state index contributed by atoms with van der Waals surface area (Å²) in [5.41, 5.74) is 3.18. The van der Waals surface area contributed by atoms with E-state index in [1.54, 1.807) is 23.1 Å². The van der Waals surface area contributed by atoms with E-state index in [4.69, 9.17) is 27.8 Å². The van der Waals surface area contributed by atoms with Crippen molar-refractivity contribution in [1.82, 2.24) is 0 Å². The van der Waals surface area contributed by atoms with E-state index in [9.17, 15) is 8.42 Å². The molecule has 0 amide bonds. The molecule has 0 radical (unpaired) electrons. The van der Waals surface area contributed by atoms with Gasteiger partial charge in [0.05, 0.1) is 16.5 Å². The molecule has 0 atom stereocenters. The zero-order chi connectivity index (χ0) is 23.8. The van der Waals surface area contributed by atoms with Crippen LogP contribution in [0.4, 0.5) is 5.69 Å². The van der Waals surface area contributed by atoms with Crippen LogP contribution in [0.1, 0.15) is 24.8 Å². The molecule has 33 heavy (non-hydrogen) atoms. The lowest BCUT2D eigenvalue weighted by Crippen LogP contribution is -2.29. The minimum Gasteiger partial charge on any atom is -0.335 e.